The van der Waals surface area contributed by atoms with Gasteiger partial charge < -0.3 is 9.55 Å². The number of hydrogen-bond donors (Lipinski definition) is 1. The monoisotopic (exact) mass is 400 g/mol. The number of Topliss-reactive ketones (excluding diaryl/α,β-unsaturated/α-hetero) is 1. The van der Waals surface area contributed by atoms with Gasteiger partial charge >= 0.3 is 0 Å². The second-order valence-electron chi connectivity index (χ2n) is 8.49. The van der Waals surface area contributed by atoms with E-state index in [0.717, 1.165) is 55.8 Å². The van der Waals surface area contributed by atoms with Crippen LogP contribution in [0.15, 0.2) is 54.7 Å². The van der Waals surface area contributed by atoms with Gasteiger partial charge in [0.05, 0.1) is 11.0 Å². The van der Waals surface area contributed by atoms with E-state index in [9.17, 15) is 4.79 Å². The fourth-order valence-corrected chi connectivity index (χ4v) is 4.73. The Balaban J connectivity index is 1.14. The maximum absolute atomic E-state index is 12.8. The molecule has 4 aromatic rings. The van der Waals surface area contributed by atoms with Gasteiger partial charge in [0.15, 0.2) is 0 Å². The number of H-pyrrole nitrogens is 1. The molecule has 2 aromatic carbocycles. The minimum atomic E-state index is 0.197. The van der Waals surface area contributed by atoms with E-state index in [2.05, 4.69) is 44.8 Å². The van der Waals surface area contributed by atoms with Crippen LogP contribution in [0, 0.1) is 5.92 Å². The van der Waals surface area contributed by atoms with Crippen molar-refractivity contribution in [2.75, 3.05) is 13.1 Å². The summed E-state index contributed by atoms with van der Waals surface area (Å²) in [7, 11) is 2.04. The summed E-state index contributed by atoms with van der Waals surface area (Å²) < 4.78 is 2.12. The molecule has 3 heterocycles. The number of aromatic nitrogens is 3. The summed E-state index contributed by atoms with van der Waals surface area (Å²) in [5.41, 5.74) is 4.66. The van der Waals surface area contributed by atoms with Crippen LogP contribution >= 0.6 is 0 Å². The molecule has 154 valence electrons. The number of fused-ring (bicyclic) bond motifs is 2. The van der Waals surface area contributed by atoms with E-state index in [1.54, 1.807) is 0 Å². The number of carbonyl (C=O) groups excluding carboxylic acids is 1. The summed E-state index contributed by atoms with van der Waals surface area (Å²) in [5.74, 6) is 1.60. The summed E-state index contributed by atoms with van der Waals surface area (Å²) in [6.45, 7) is 2.95. The zero-order valence-electron chi connectivity index (χ0n) is 17.5. The Morgan fingerprint density at radius 1 is 1.13 bits per heavy atom. The van der Waals surface area contributed by atoms with Crippen molar-refractivity contribution in [3.05, 3.63) is 66.1 Å². The molecule has 1 aliphatic rings. The molecule has 0 radical (unpaired) electrons. The van der Waals surface area contributed by atoms with E-state index < -0.39 is 0 Å². The third-order valence-electron chi connectivity index (χ3n) is 6.54. The van der Waals surface area contributed by atoms with Gasteiger partial charge in [-0.1, -0.05) is 18.2 Å². The van der Waals surface area contributed by atoms with E-state index in [-0.39, 0.29) is 5.92 Å². The fourth-order valence-electron chi connectivity index (χ4n) is 4.73. The lowest BCUT2D eigenvalue weighted by Crippen LogP contribution is -2.36. The first kappa shape index (κ1) is 19.1. The highest BCUT2D eigenvalue weighted by atomic mass is 16.1. The molecule has 1 fully saturated rings. The van der Waals surface area contributed by atoms with Crippen molar-refractivity contribution in [1.29, 1.82) is 0 Å². The lowest BCUT2D eigenvalue weighted by atomic mass is 9.90. The molecule has 0 aliphatic carbocycles. The number of likely N-dealkylation sites (tertiary alicyclic amines) is 1. The van der Waals surface area contributed by atoms with Gasteiger partial charge in [-0.25, -0.2) is 4.98 Å². The smallest absolute Gasteiger partial charge is 0.136 e. The molecule has 1 saturated heterocycles. The minimum Gasteiger partial charge on any atom is -0.361 e. The number of imidazole rings is 1. The highest BCUT2D eigenvalue weighted by molar-refractivity contribution is 5.82. The second kappa shape index (κ2) is 8.07. The largest absolute Gasteiger partial charge is 0.361 e. The highest BCUT2D eigenvalue weighted by Gasteiger charge is 2.25. The van der Waals surface area contributed by atoms with E-state index in [1.807, 2.05) is 31.4 Å². The molecule has 1 N–H and O–H groups in total. The molecule has 0 unspecified atom stereocenters. The quantitative estimate of drug-likeness (QED) is 0.520. The van der Waals surface area contributed by atoms with Crippen LogP contribution in [0.4, 0.5) is 0 Å². The molecular formula is C25H28N4O. The Hall–Kier alpha value is -2.92. The molecule has 30 heavy (non-hydrogen) atoms. The topological polar surface area (TPSA) is 53.9 Å². The molecule has 5 heteroatoms. The standard InChI is InChI=1S/C25H28N4O/c1-28-23-5-3-2-4-22(23)27-25(28)9-8-24(30)19-11-14-29(15-12-19)17-18-6-7-21-20(16-18)10-13-26-21/h2-7,10,13,16,19,26H,8-9,11-12,14-15,17H2,1H3. The predicted molar refractivity (Wildman–Crippen MR) is 120 cm³/mol. The zero-order valence-corrected chi connectivity index (χ0v) is 17.5. The van der Waals surface area contributed by atoms with Crippen LogP contribution in [0.25, 0.3) is 21.9 Å². The number of piperidine rings is 1. The Labute approximate surface area is 176 Å². The number of nitrogens with zero attached hydrogens (tertiary/aromatic N) is 3. The predicted octanol–water partition coefficient (Wildman–Crippen LogP) is 4.47. The van der Waals surface area contributed by atoms with E-state index in [4.69, 9.17) is 4.98 Å². The fraction of sp³-hybridized carbons (Fsp3) is 0.360. The van der Waals surface area contributed by atoms with Crippen LogP contribution < -0.4 is 0 Å². The molecule has 0 atom stereocenters. The van der Waals surface area contributed by atoms with Gasteiger partial charge in [-0.3, -0.25) is 9.69 Å². The third-order valence-corrected chi connectivity index (χ3v) is 6.54. The van der Waals surface area contributed by atoms with Crippen LogP contribution in [0.1, 0.15) is 30.7 Å². The van der Waals surface area contributed by atoms with Gasteiger partial charge in [-0.2, -0.15) is 0 Å². The maximum Gasteiger partial charge on any atom is 0.136 e. The number of ketones is 1. The van der Waals surface area contributed by atoms with E-state index in [0.29, 0.717) is 12.2 Å². The molecule has 0 spiro atoms. The molecule has 5 nitrogen and oxygen atoms in total. The van der Waals surface area contributed by atoms with Crippen molar-refractivity contribution >= 4 is 27.7 Å². The van der Waals surface area contributed by atoms with Crippen molar-refractivity contribution in [1.82, 2.24) is 19.4 Å². The molecule has 0 saturated carbocycles. The van der Waals surface area contributed by atoms with Crippen LogP contribution in [0.5, 0.6) is 0 Å². The molecule has 0 amide bonds. The zero-order chi connectivity index (χ0) is 20.5. The molecule has 2 aromatic heterocycles. The first-order valence-corrected chi connectivity index (χ1v) is 10.9. The number of hydrogen-bond acceptors (Lipinski definition) is 3. The lowest BCUT2D eigenvalue weighted by Gasteiger charge is -2.31. The van der Waals surface area contributed by atoms with Gasteiger partial charge in [0.1, 0.15) is 11.6 Å². The molecule has 1 aliphatic heterocycles. The maximum atomic E-state index is 12.8. The number of aryl methyl sites for hydroxylation is 2. The average molecular weight is 401 g/mol. The number of rotatable bonds is 6. The Morgan fingerprint density at radius 3 is 2.80 bits per heavy atom. The summed E-state index contributed by atoms with van der Waals surface area (Å²) in [5, 5.41) is 1.26. The first-order valence-electron chi connectivity index (χ1n) is 10.9. The van der Waals surface area contributed by atoms with Gasteiger partial charge in [0.2, 0.25) is 0 Å². The van der Waals surface area contributed by atoms with Gasteiger partial charge in [0.25, 0.3) is 0 Å². The van der Waals surface area contributed by atoms with Crippen LogP contribution in [-0.2, 0) is 24.8 Å². The normalized spacial score (nSPS) is 15.9. The van der Waals surface area contributed by atoms with Crippen molar-refractivity contribution in [3.63, 3.8) is 0 Å². The third kappa shape index (κ3) is 3.77. The van der Waals surface area contributed by atoms with Crippen molar-refractivity contribution < 1.29 is 4.79 Å². The van der Waals surface area contributed by atoms with Gasteiger partial charge in [-0.15, -0.1) is 0 Å². The van der Waals surface area contributed by atoms with Crippen molar-refractivity contribution in [3.8, 4) is 0 Å². The average Bonchev–Trinajstić information content (AvgIpc) is 3.37. The summed E-state index contributed by atoms with van der Waals surface area (Å²) >= 11 is 0. The number of aromatic amines is 1. The van der Waals surface area contributed by atoms with E-state index >= 15 is 0 Å². The summed E-state index contributed by atoms with van der Waals surface area (Å²) in [6.07, 6.45) is 5.23. The first-order chi connectivity index (χ1) is 14.7. The van der Waals surface area contributed by atoms with Crippen LogP contribution in [0.2, 0.25) is 0 Å². The van der Waals surface area contributed by atoms with Gasteiger partial charge in [0, 0.05) is 44.1 Å². The Kier molecular flexibility index (Phi) is 5.13. The lowest BCUT2D eigenvalue weighted by molar-refractivity contribution is -0.124. The number of benzene rings is 2. The summed E-state index contributed by atoms with van der Waals surface area (Å²) in [4.78, 5) is 23.2. The Bertz CT molecular complexity index is 1180. The van der Waals surface area contributed by atoms with Crippen molar-refractivity contribution in [2.45, 2.75) is 32.2 Å². The van der Waals surface area contributed by atoms with Crippen LogP contribution in [-0.4, -0.2) is 38.3 Å². The Morgan fingerprint density at radius 2 is 1.97 bits per heavy atom. The SMILES string of the molecule is Cn1c(CCC(=O)C2CCN(Cc3ccc4[nH]ccc4c3)CC2)nc2ccccc21. The minimum absolute atomic E-state index is 0.197. The van der Waals surface area contributed by atoms with Gasteiger partial charge in [-0.05, 0) is 67.2 Å². The molecule has 5 rings (SSSR count). The van der Waals surface area contributed by atoms with Crippen molar-refractivity contribution in [2.24, 2.45) is 13.0 Å². The highest BCUT2D eigenvalue weighted by Crippen LogP contribution is 2.23. The number of carbonyl (C=O) groups is 1. The second-order valence-corrected chi connectivity index (χ2v) is 8.49. The number of para-hydroxylation sites is 2. The molecular weight excluding hydrogens is 372 g/mol. The van der Waals surface area contributed by atoms with E-state index in [1.165, 1.54) is 16.5 Å². The summed E-state index contributed by atoms with van der Waals surface area (Å²) in [6, 6.07) is 16.9. The van der Waals surface area contributed by atoms with Crippen LogP contribution in [0.3, 0.4) is 0 Å². The molecule has 0 bridgehead atoms. The number of nitrogens with one attached hydrogen (secondary N) is 1.